The molecule has 0 heterocycles. The molecule has 0 aliphatic heterocycles. The van der Waals surface area contributed by atoms with Gasteiger partial charge in [-0.05, 0) is 47.2 Å². The van der Waals surface area contributed by atoms with Gasteiger partial charge in [-0.2, -0.15) is 0 Å². The number of amides is 1. The summed E-state index contributed by atoms with van der Waals surface area (Å²) in [6, 6.07) is 19.4. The molecule has 4 nitrogen and oxygen atoms in total. The van der Waals surface area contributed by atoms with Crippen molar-refractivity contribution in [3.8, 4) is 5.75 Å². The first-order chi connectivity index (χ1) is 11.6. The smallest absolute Gasteiger partial charge is 0.259 e. The number of carbonyl (C=O) groups is 1. The minimum absolute atomic E-state index is 0.185. The Balaban J connectivity index is 1.90. The maximum absolute atomic E-state index is 12.7. The van der Waals surface area contributed by atoms with Crippen LogP contribution in [0.2, 0.25) is 0 Å². The largest absolute Gasteiger partial charge is 0.496 e. The summed E-state index contributed by atoms with van der Waals surface area (Å²) in [6.45, 7) is 0. The van der Waals surface area contributed by atoms with Gasteiger partial charge in [-0.1, -0.05) is 24.3 Å². The normalized spacial score (nSPS) is 10.5. The predicted octanol–water partition coefficient (Wildman–Crippen LogP) is 4.17. The van der Waals surface area contributed by atoms with Crippen molar-refractivity contribution in [1.29, 1.82) is 0 Å². The average Bonchev–Trinajstić information content (AvgIpc) is 2.61. The zero-order valence-corrected chi connectivity index (χ0v) is 14.0. The van der Waals surface area contributed by atoms with E-state index in [0.717, 1.165) is 22.1 Å². The standard InChI is InChI=1S/C20H20N2O2/c1-22(2)17-10-8-16(9-11-17)21-20(23)18-12-14-6-4-5-7-15(14)13-19(18)24-3/h4-13H,1-3H3,(H,21,23). The molecule has 0 saturated heterocycles. The molecule has 0 atom stereocenters. The number of benzene rings is 3. The van der Waals surface area contributed by atoms with Gasteiger partial charge in [0.1, 0.15) is 5.75 Å². The highest BCUT2D eigenvalue weighted by atomic mass is 16.5. The molecule has 0 fully saturated rings. The highest BCUT2D eigenvalue weighted by Gasteiger charge is 2.14. The van der Waals surface area contributed by atoms with Crippen molar-refractivity contribution in [2.45, 2.75) is 0 Å². The van der Waals surface area contributed by atoms with Crippen LogP contribution in [0.25, 0.3) is 10.8 Å². The van der Waals surface area contributed by atoms with Gasteiger partial charge in [0.2, 0.25) is 0 Å². The van der Waals surface area contributed by atoms with Gasteiger partial charge in [0, 0.05) is 25.5 Å². The van der Waals surface area contributed by atoms with Crippen molar-refractivity contribution >= 4 is 28.1 Å². The van der Waals surface area contributed by atoms with E-state index in [1.165, 1.54) is 0 Å². The molecule has 0 aliphatic carbocycles. The molecule has 0 radical (unpaired) electrons. The number of hydrogen-bond donors (Lipinski definition) is 1. The molecule has 122 valence electrons. The van der Waals surface area contributed by atoms with Gasteiger partial charge in [0.05, 0.1) is 12.7 Å². The lowest BCUT2D eigenvalue weighted by atomic mass is 10.1. The van der Waals surface area contributed by atoms with Gasteiger partial charge in [0.25, 0.3) is 5.91 Å². The molecule has 0 saturated carbocycles. The third-order valence-electron chi connectivity index (χ3n) is 3.95. The van der Waals surface area contributed by atoms with Crippen LogP contribution in [0.1, 0.15) is 10.4 Å². The van der Waals surface area contributed by atoms with Crippen LogP contribution in [0.5, 0.6) is 5.75 Å². The van der Waals surface area contributed by atoms with Gasteiger partial charge in [-0.3, -0.25) is 4.79 Å². The molecule has 0 aliphatic rings. The number of nitrogens with zero attached hydrogens (tertiary/aromatic N) is 1. The first kappa shape index (κ1) is 15.9. The second-order valence-corrected chi connectivity index (χ2v) is 5.80. The van der Waals surface area contributed by atoms with E-state index in [9.17, 15) is 4.79 Å². The fourth-order valence-electron chi connectivity index (χ4n) is 2.61. The Hall–Kier alpha value is -3.01. The van der Waals surface area contributed by atoms with Crippen LogP contribution >= 0.6 is 0 Å². The fourth-order valence-corrected chi connectivity index (χ4v) is 2.61. The van der Waals surface area contributed by atoms with E-state index in [-0.39, 0.29) is 5.91 Å². The van der Waals surface area contributed by atoms with Gasteiger partial charge < -0.3 is 15.0 Å². The zero-order chi connectivity index (χ0) is 17.1. The van der Waals surface area contributed by atoms with Crippen molar-refractivity contribution in [1.82, 2.24) is 0 Å². The van der Waals surface area contributed by atoms with E-state index in [4.69, 9.17) is 4.74 Å². The summed E-state index contributed by atoms with van der Waals surface area (Å²) in [5, 5.41) is 4.98. The third-order valence-corrected chi connectivity index (χ3v) is 3.95. The number of ether oxygens (including phenoxy) is 1. The van der Waals surface area contributed by atoms with Crippen molar-refractivity contribution < 1.29 is 9.53 Å². The highest BCUT2D eigenvalue weighted by Crippen LogP contribution is 2.27. The monoisotopic (exact) mass is 320 g/mol. The molecule has 0 unspecified atom stereocenters. The third kappa shape index (κ3) is 3.18. The SMILES string of the molecule is COc1cc2ccccc2cc1C(=O)Nc1ccc(N(C)C)cc1. The predicted molar refractivity (Wildman–Crippen MR) is 99.2 cm³/mol. The lowest BCUT2D eigenvalue weighted by Crippen LogP contribution is -2.13. The topological polar surface area (TPSA) is 41.6 Å². The summed E-state index contributed by atoms with van der Waals surface area (Å²) in [4.78, 5) is 14.7. The molecule has 3 aromatic carbocycles. The van der Waals surface area contributed by atoms with Gasteiger partial charge in [0.15, 0.2) is 0 Å². The van der Waals surface area contributed by atoms with Crippen LogP contribution in [-0.2, 0) is 0 Å². The van der Waals surface area contributed by atoms with Crippen LogP contribution in [0.3, 0.4) is 0 Å². The molecule has 0 spiro atoms. The zero-order valence-electron chi connectivity index (χ0n) is 14.0. The quantitative estimate of drug-likeness (QED) is 0.784. The van der Waals surface area contributed by atoms with Crippen LogP contribution in [0.15, 0.2) is 60.7 Å². The van der Waals surface area contributed by atoms with E-state index in [0.29, 0.717) is 11.3 Å². The second-order valence-electron chi connectivity index (χ2n) is 5.80. The lowest BCUT2D eigenvalue weighted by Gasteiger charge is -2.14. The molecule has 3 aromatic rings. The van der Waals surface area contributed by atoms with Crippen LogP contribution in [0.4, 0.5) is 11.4 Å². The molecule has 1 amide bonds. The van der Waals surface area contributed by atoms with Crippen molar-refractivity contribution in [2.24, 2.45) is 0 Å². The number of methoxy groups -OCH3 is 1. The number of carbonyl (C=O) groups excluding carboxylic acids is 1. The minimum atomic E-state index is -0.185. The number of anilines is 2. The molecule has 0 aromatic heterocycles. The van der Waals surface area contributed by atoms with E-state index in [1.807, 2.05) is 79.7 Å². The molecule has 3 rings (SSSR count). The summed E-state index contributed by atoms with van der Waals surface area (Å²) < 4.78 is 5.40. The number of rotatable bonds is 4. The molecule has 24 heavy (non-hydrogen) atoms. The summed E-state index contributed by atoms with van der Waals surface area (Å²) in [5.41, 5.74) is 2.35. The fraction of sp³-hybridized carbons (Fsp3) is 0.150. The summed E-state index contributed by atoms with van der Waals surface area (Å²) in [6.07, 6.45) is 0. The van der Waals surface area contributed by atoms with Crippen molar-refractivity contribution in [3.05, 3.63) is 66.2 Å². The van der Waals surface area contributed by atoms with Crippen molar-refractivity contribution in [2.75, 3.05) is 31.4 Å². The van der Waals surface area contributed by atoms with E-state index in [1.54, 1.807) is 7.11 Å². The lowest BCUT2D eigenvalue weighted by molar-refractivity contribution is 0.102. The van der Waals surface area contributed by atoms with Crippen molar-refractivity contribution in [3.63, 3.8) is 0 Å². The first-order valence-corrected chi connectivity index (χ1v) is 7.74. The Morgan fingerprint density at radius 3 is 2.17 bits per heavy atom. The first-order valence-electron chi connectivity index (χ1n) is 7.74. The number of fused-ring (bicyclic) bond motifs is 1. The Bertz CT molecular complexity index is 870. The highest BCUT2D eigenvalue weighted by molar-refractivity contribution is 6.08. The molecular formula is C20H20N2O2. The summed E-state index contributed by atoms with van der Waals surface area (Å²) >= 11 is 0. The van der Waals surface area contributed by atoms with E-state index in [2.05, 4.69) is 5.32 Å². The number of nitrogens with one attached hydrogen (secondary N) is 1. The number of hydrogen-bond acceptors (Lipinski definition) is 3. The molecule has 4 heteroatoms. The molecular weight excluding hydrogens is 300 g/mol. The van der Waals surface area contributed by atoms with Crippen LogP contribution in [-0.4, -0.2) is 27.1 Å². The molecule has 0 bridgehead atoms. The Kier molecular flexibility index (Phi) is 4.38. The average molecular weight is 320 g/mol. The maximum Gasteiger partial charge on any atom is 0.259 e. The minimum Gasteiger partial charge on any atom is -0.496 e. The van der Waals surface area contributed by atoms with Crippen LogP contribution in [0, 0.1) is 0 Å². The Labute approximate surface area is 141 Å². The Morgan fingerprint density at radius 2 is 1.58 bits per heavy atom. The molecule has 1 N–H and O–H groups in total. The second kappa shape index (κ2) is 6.62. The van der Waals surface area contributed by atoms with Crippen LogP contribution < -0.4 is 15.0 Å². The summed E-state index contributed by atoms with van der Waals surface area (Å²) in [7, 11) is 5.54. The Morgan fingerprint density at radius 1 is 0.958 bits per heavy atom. The van der Waals surface area contributed by atoms with Gasteiger partial charge in [-0.15, -0.1) is 0 Å². The maximum atomic E-state index is 12.7. The van der Waals surface area contributed by atoms with Gasteiger partial charge in [-0.25, -0.2) is 0 Å². The van der Waals surface area contributed by atoms with E-state index >= 15 is 0 Å². The van der Waals surface area contributed by atoms with E-state index < -0.39 is 0 Å². The summed E-state index contributed by atoms with van der Waals surface area (Å²) in [5.74, 6) is 0.381. The van der Waals surface area contributed by atoms with Gasteiger partial charge >= 0.3 is 0 Å².